The van der Waals surface area contributed by atoms with E-state index in [1.165, 1.54) is 0 Å². The van der Waals surface area contributed by atoms with Crippen molar-refractivity contribution in [1.29, 1.82) is 0 Å². The van der Waals surface area contributed by atoms with Crippen molar-refractivity contribution in [2.75, 3.05) is 26.6 Å². The number of nitrogens with one attached hydrogen (secondary N) is 1. The van der Waals surface area contributed by atoms with Crippen LogP contribution >= 0.6 is 11.8 Å². The maximum Gasteiger partial charge on any atom is 0.175 e. The van der Waals surface area contributed by atoms with Crippen LogP contribution in [0.4, 0.5) is 0 Å². The van der Waals surface area contributed by atoms with E-state index in [4.69, 9.17) is 14.3 Å². The third kappa shape index (κ3) is 2.26. The van der Waals surface area contributed by atoms with Gasteiger partial charge in [0.2, 0.25) is 0 Å². The highest BCUT2D eigenvalue weighted by atomic mass is 32.2. The Bertz CT molecular complexity index is 370. The fraction of sp³-hybridized carbons (Fsp3) is 0.455. The maximum absolute atomic E-state index is 5.65. The Morgan fingerprint density at radius 3 is 2.94 bits per heavy atom. The van der Waals surface area contributed by atoms with Crippen molar-refractivity contribution in [3.63, 3.8) is 0 Å². The number of ether oxygens (including phenoxy) is 2. The van der Waals surface area contributed by atoms with Crippen LogP contribution in [0.15, 0.2) is 17.0 Å². The first-order chi connectivity index (χ1) is 7.86. The lowest BCUT2D eigenvalue weighted by molar-refractivity contribution is 0.0858. The second-order valence-corrected chi connectivity index (χ2v) is 4.12. The third-order valence-electron chi connectivity index (χ3n) is 2.36. The average Bonchev–Trinajstić information content (AvgIpc) is 2.35. The third-order valence-corrected chi connectivity index (χ3v) is 3.21. The summed E-state index contributed by atoms with van der Waals surface area (Å²) in [5, 5.41) is 0. The summed E-state index contributed by atoms with van der Waals surface area (Å²) in [6.45, 7) is 1.89. The maximum atomic E-state index is 5.65. The van der Waals surface area contributed by atoms with Crippen molar-refractivity contribution in [3.05, 3.63) is 17.7 Å². The summed E-state index contributed by atoms with van der Waals surface area (Å²) in [7, 11) is 1.61. The molecule has 1 aliphatic rings. The SMILES string of the molecule is CONCc1ccc2c(c1SC)OCCO2. The van der Waals surface area contributed by atoms with Crippen molar-refractivity contribution in [3.8, 4) is 11.5 Å². The van der Waals surface area contributed by atoms with Crippen LogP contribution in [0.5, 0.6) is 11.5 Å². The Balaban J connectivity index is 2.31. The van der Waals surface area contributed by atoms with E-state index in [2.05, 4.69) is 5.48 Å². The molecular weight excluding hydrogens is 226 g/mol. The molecule has 4 nitrogen and oxygen atoms in total. The van der Waals surface area contributed by atoms with E-state index < -0.39 is 0 Å². The molecule has 2 rings (SSSR count). The van der Waals surface area contributed by atoms with Crippen molar-refractivity contribution < 1.29 is 14.3 Å². The van der Waals surface area contributed by atoms with E-state index >= 15 is 0 Å². The molecule has 88 valence electrons. The van der Waals surface area contributed by atoms with Crippen LogP contribution in [0.3, 0.4) is 0 Å². The van der Waals surface area contributed by atoms with E-state index in [1.807, 2.05) is 18.4 Å². The highest BCUT2D eigenvalue weighted by molar-refractivity contribution is 7.98. The van der Waals surface area contributed by atoms with Gasteiger partial charge in [0.15, 0.2) is 11.5 Å². The predicted molar refractivity (Wildman–Crippen MR) is 63.1 cm³/mol. The minimum atomic E-state index is 0.613. The summed E-state index contributed by atoms with van der Waals surface area (Å²) in [4.78, 5) is 5.97. The molecular formula is C11H15NO3S. The van der Waals surface area contributed by atoms with Crippen LogP contribution in [-0.4, -0.2) is 26.6 Å². The van der Waals surface area contributed by atoms with Crippen LogP contribution in [0, 0.1) is 0 Å². The van der Waals surface area contributed by atoms with Gasteiger partial charge in [0.25, 0.3) is 0 Å². The average molecular weight is 241 g/mol. The zero-order valence-electron chi connectivity index (χ0n) is 9.41. The molecule has 0 unspecified atom stereocenters. The number of hydroxylamine groups is 1. The highest BCUT2D eigenvalue weighted by Crippen LogP contribution is 2.40. The zero-order chi connectivity index (χ0) is 11.4. The van der Waals surface area contributed by atoms with Gasteiger partial charge in [-0.15, -0.1) is 11.8 Å². The zero-order valence-corrected chi connectivity index (χ0v) is 10.2. The van der Waals surface area contributed by atoms with Gasteiger partial charge in [-0.25, -0.2) is 0 Å². The Labute approximate surface area is 99.2 Å². The standard InChI is InChI=1S/C11H15NO3S/c1-13-12-7-8-3-4-9-10(11(8)16-2)15-6-5-14-9/h3-4,12H,5-7H2,1-2H3. The minimum Gasteiger partial charge on any atom is -0.486 e. The summed E-state index contributed by atoms with van der Waals surface area (Å²) >= 11 is 1.66. The quantitative estimate of drug-likeness (QED) is 0.643. The molecule has 1 aromatic carbocycles. The largest absolute Gasteiger partial charge is 0.486 e. The van der Waals surface area contributed by atoms with Gasteiger partial charge in [-0.05, 0) is 17.9 Å². The normalized spacial score (nSPS) is 13.9. The molecule has 0 atom stereocenters. The number of rotatable bonds is 4. The second-order valence-electron chi connectivity index (χ2n) is 3.31. The molecule has 0 aliphatic carbocycles. The van der Waals surface area contributed by atoms with Gasteiger partial charge in [0.05, 0.1) is 12.0 Å². The van der Waals surface area contributed by atoms with Gasteiger partial charge in [0.1, 0.15) is 13.2 Å². The van der Waals surface area contributed by atoms with Crippen LogP contribution < -0.4 is 15.0 Å². The number of hydrogen-bond donors (Lipinski definition) is 1. The van der Waals surface area contributed by atoms with Gasteiger partial charge in [-0.1, -0.05) is 6.07 Å². The second kappa shape index (κ2) is 5.43. The molecule has 0 aromatic heterocycles. The van der Waals surface area contributed by atoms with Crippen LogP contribution in [0.2, 0.25) is 0 Å². The fourth-order valence-corrected chi connectivity index (χ4v) is 2.39. The van der Waals surface area contributed by atoms with Crippen molar-refractivity contribution in [2.45, 2.75) is 11.4 Å². The van der Waals surface area contributed by atoms with Crippen molar-refractivity contribution >= 4 is 11.8 Å². The summed E-state index contributed by atoms with van der Waals surface area (Å²) in [5.41, 5.74) is 3.99. The Morgan fingerprint density at radius 2 is 2.19 bits per heavy atom. The molecule has 1 N–H and O–H groups in total. The molecule has 1 aromatic rings. The van der Waals surface area contributed by atoms with Crippen molar-refractivity contribution in [1.82, 2.24) is 5.48 Å². The molecule has 0 amide bonds. The lowest BCUT2D eigenvalue weighted by atomic mass is 10.2. The van der Waals surface area contributed by atoms with E-state index in [0.29, 0.717) is 19.8 Å². The summed E-state index contributed by atoms with van der Waals surface area (Å²) in [6.07, 6.45) is 2.03. The lowest BCUT2D eigenvalue weighted by Crippen LogP contribution is -2.17. The van der Waals surface area contributed by atoms with Gasteiger partial charge >= 0.3 is 0 Å². The van der Waals surface area contributed by atoms with E-state index in [9.17, 15) is 0 Å². The molecule has 0 saturated heterocycles. The van der Waals surface area contributed by atoms with Gasteiger partial charge in [0, 0.05) is 6.54 Å². The first kappa shape index (κ1) is 11.6. The first-order valence-corrected chi connectivity index (χ1v) is 6.30. The summed E-state index contributed by atoms with van der Waals surface area (Å²) in [6, 6.07) is 3.98. The van der Waals surface area contributed by atoms with E-state index in [-0.39, 0.29) is 0 Å². The molecule has 5 heteroatoms. The van der Waals surface area contributed by atoms with E-state index in [0.717, 1.165) is 22.0 Å². The topological polar surface area (TPSA) is 39.7 Å². The smallest absolute Gasteiger partial charge is 0.175 e. The van der Waals surface area contributed by atoms with Crippen LogP contribution in [0.25, 0.3) is 0 Å². The number of thioether (sulfide) groups is 1. The molecule has 16 heavy (non-hydrogen) atoms. The first-order valence-electron chi connectivity index (χ1n) is 5.08. The predicted octanol–water partition coefficient (Wildman–Crippen LogP) is 1.83. The minimum absolute atomic E-state index is 0.613. The van der Waals surface area contributed by atoms with Gasteiger partial charge < -0.3 is 14.3 Å². The van der Waals surface area contributed by atoms with Gasteiger partial charge in [-0.3, -0.25) is 0 Å². The Morgan fingerprint density at radius 1 is 1.38 bits per heavy atom. The number of benzene rings is 1. The fourth-order valence-electron chi connectivity index (χ4n) is 1.64. The number of hydrogen-bond acceptors (Lipinski definition) is 5. The Kier molecular flexibility index (Phi) is 3.93. The lowest BCUT2D eigenvalue weighted by Gasteiger charge is -2.22. The van der Waals surface area contributed by atoms with Crippen LogP contribution in [-0.2, 0) is 11.4 Å². The highest BCUT2D eigenvalue weighted by Gasteiger charge is 2.18. The van der Waals surface area contributed by atoms with Crippen LogP contribution in [0.1, 0.15) is 5.56 Å². The van der Waals surface area contributed by atoms with E-state index in [1.54, 1.807) is 18.9 Å². The monoisotopic (exact) mass is 241 g/mol. The molecule has 1 heterocycles. The molecule has 0 radical (unpaired) electrons. The van der Waals surface area contributed by atoms with Gasteiger partial charge in [-0.2, -0.15) is 5.48 Å². The molecule has 0 fully saturated rings. The summed E-state index contributed by atoms with van der Waals surface area (Å²) in [5.74, 6) is 1.69. The molecule has 1 aliphatic heterocycles. The van der Waals surface area contributed by atoms with Crippen molar-refractivity contribution in [2.24, 2.45) is 0 Å². The molecule has 0 spiro atoms. The summed E-state index contributed by atoms with van der Waals surface area (Å²) < 4.78 is 11.2. The Hall–Kier alpha value is -0.910. The number of fused-ring (bicyclic) bond motifs is 1. The molecule has 0 saturated carbocycles. The molecule has 0 bridgehead atoms.